The minimum Gasteiger partial charge on any atom is -0.457 e. The van der Waals surface area contributed by atoms with E-state index in [-0.39, 0.29) is 0 Å². The van der Waals surface area contributed by atoms with Crippen LogP contribution in [0.1, 0.15) is 19.4 Å². The Balaban J connectivity index is 2.60. The fourth-order valence-electron chi connectivity index (χ4n) is 0.939. The van der Waals surface area contributed by atoms with E-state index in [9.17, 15) is 5.11 Å². The number of halogens is 1. The molecule has 3 nitrogen and oxygen atoms in total. The van der Waals surface area contributed by atoms with Crippen molar-refractivity contribution in [1.29, 1.82) is 0 Å². The van der Waals surface area contributed by atoms with Crippen molar-refractivity contribution in [3.63, 3.8) is 0 Å². The quantitative estimate of drug-likeness (QED) is 0.855. The summed E-state index contributed by atoms with van der Waals surface area (Å²) >= 11 is 3.19. The van der Waals surface area contributed by atoms with E-state index in [1.54, 1.807) is 20.1 Å². The number of aliphatic hydroxyl groups is 1. The van der Waals surface area contributed by atoms with Crippen LogP contribution in [-0.2, 0) is 6.42 Å². The molecule has 3 N–H and O–H groups in total. The van der Waals surface area contributed by atoms with Gasteiger partial charge in [0.1, 0.15) is 0 Å². The maximum atomic E-state index is 9.67. The van der Waals surface area contributed by atoms with Crippen LogP contribution in [0.2, 0.25) is 0 Å². The third-order valence-corrected chi connectivity index (χ3v) is 2.33. The van der Waals surface area contributed by atoms with E-state index in [1.165, 1.54) is 0 Å². The number of rotatable bonds is 3. The zero-order valence-corrected chi connectivity index (χ0v) is 9.34. The summed E-state index contributed by atoms with van der Waals surface area (Å²) in [6, 6.07) is 1.83. The molecule has 0 fully saturated rings. The molecule has 0 saturated carbocycles. The smallest absolute Gasteiger partial charge is 0.169 e. The van der Waals surface area contributed by atoms with Gasteiger partial charge in [-0.3, -0.25) is 0 Å². The number of hydrogen-bond donors (Lipinski definition) is 2. The summed E-state index contributed by atoms with van der Waals surface area (Å²) in [4.78, 5) is 0. The Morgan fingerprint density at radius 2 is 2.31 bits per heavy atom. The van der Waals surface area contributed by atoms with Gasteiger partial charge in [0, 0.05) is 12.0 Å². The second-order valence-corrected chi connectivity index (χ2v) is 4.58. The molecule has 0 aromatic carbocycles. The lowest BCUT2D eigenvalue weighted by Crippen LogP contribution is -2.46. The SMILES string of the molecule is CC(C)(N)C(O)Cc1coc(Br)c1. The van der Waals surface area contributed by atoms with Gasteiger partial charge >= 0.3 is 0 Å². The van der Waals surface area contributed by atoms with Crippen molar-refractivity contribution in [2.45, 2.75) is 31.9 Å². The second kappa shape index (κ2) is 3.82. The Morgan fingerprint density at radius 3 is 2.69 bits per heavy atom. The van der Waals surface area contributed by atoms with Gasteiger partial charge in [-0.25, -0.2) is 0 Å². The molecule has 1 unspecified atom stereocenters. The van der Waals surface area contributed by atoms with E-state index in [1.807, 2.05) is 6.07 Å². The van der Waals surface area contributed by atoms with Crippen molar-refractivity contribution in [2.75, 3.05) is 0 Å². The molecule has 0 aliphatic heterocycles. The van der Waals surface area contributed by atoms with Gasteiger partial charge in [0.25, 0.3) is 0 Å². The van der Waals surface area contributed by atoms with Crippen molar-refractivity contribution >= 4 is 15.9 Å². The fourth-order valence-corrected chi connectivity index (χ4v) is 1.33. The molecule has 0 saturated heterocycles. The van der Waals surface area contributed by atoms with Crippen LogP contribution in [-0.4, -0.2) is 16.7 Å². The van der Waals surface area contributed by atoms with Crippen LogP contribution in [0, 0.1) is 0 Å². The Labute approximate surface area is 86.1 Å². The molecule has 4 heteroatoms. The van der Waals surface area contributed by atoms with Gasteiger partial charge in [-0.05, 0) is 41.4 Å². The Kier molecular flexibility index (Phi) is 3.16. The van der Waals surface area contributed by atoms with Crippen LogP contribution in [0.5, 0.6) is 0 Å². The number of nitrogens with two attached hydrogens (primary N) is 1. The van der Waals surface area contributed by atoms with E-state index >= 15 is 0 Å². The Bertz CT molecular complexity index is 277. The number of hydrogen-bond acceptors (Lipinski definition) is 3. The molecule has 13 heavy (non-hydrogen) atoms. The molecule has 0 aliphatic rings. The normalized spacial score (nSPS) is 14.5. The third kappa shape index (κ3) is 3.14. The minimum atomic E-state index is -0.580. The molecule has 74 valence electrons. The average molecular weight is 248 g/mol. The van der Waals surface area contributed by atoms with Gasteiger partial charge in [-0.15, -0.1) is 0 Å². The first kappa shape index (κ1) is 10.8. The predicted octanol–water partition coefficient (Wildman–Crippen LogP) is 1.68. The second-order valence-electron chi connectivity index (χ2n) is 3.80. The van der Waals surface area contributed by atoms with Crippen molar-refractivity contribution in [3.8, 4) is 0 Å². The van der Waals surface area contributed by atoms with Gasteiger partial charge in [0.05, 0.1) is 12.4 Å². The van der Waals surface area contributed by atoms with Gasteiger partial charge in [0.2, 0.25) is 0 Å². The highest BCUT2D eigenvalue weighted by atomic mass is 79.9. The molecule has 0 aliphatic carbocycles. The van der Waals surface area contributed by atoms with E-state index in [4.69, 9.17) is 10.2 Å². The van der Waals surface area contributed by atoms with Crippen LogP contribution >= 0.6 is 15.9 Å². The lowest BCUT2D eigenvalue weighted by molar-refractivity contribution is 0.104. The van der Waals surface area contributed by atoms with Gasteiger partial charge in [-0.2, -0.15) is 0 Å². The van der Waals surface area contributed by atoms with Gasteiger partial charge < -0.3 is 15.3 Å². The van der Waals surface area contributed by atoms with Crippen molar-refractivity contribution in [3.05, 3.63) is 22.6 Å². The highest BCUT2D eigenvalue weighted by Crippen LogP contribution is 2.18. The lowest BCUT2D eigenvalue weighted by Gasteiger charge is -2.25. The molecule has 1 atom stereocenters. The predicted molar refractivity (Wildman–Crippen MR) is 54.4 cm³/mol. The van der Waals surface area contributed by atoms with Crippen LogP contribution in [0.15, 0.2) is 21.4 Å². The maximum Gasteiger partial charge on any atom is 0.169 e. The fraction of sp³-hybridized carbons (Fsp3) is 0.556. The number of furan rings is 1. The molecule has 1 aromatic rings. The zero-order chi connectivity index (χ0) is 10.1. The van der Waals surface area contributed by atoms with Crippen LogP contribution in [0.4, 0.5) is 0 Å². The number of aliphatic hydroxyl groups excluding tert-OH is 1. The molecule has 1 aromatic heterocycles. The van der Waals surface area contributed by atoms with Crippen LogP contribution in [0.25, 0.3) is 0 Å². The summed E-state index contributed by atoms with van der Waals surface area (Å²) in [5.41, 5.74) is 6.10. The maximum absolute atomic E-state index is 9.67. The molecular weight excluding hydrogens is 234 g/mol. The molecule has 0 amide bonds. The van der Waals surface area contributed by atoms with Gasteiger partial charge in [0.15, 0.2) is 4.67 Å². The van der Waals surface area contributed by atoms with Gasteiger partial charge in [-0.1, -0.05) is 0 Å². The molecule has 1 rings (SSSR count). The summed E-state index contributed by atoms with van der Waals surface area (Å²) in [5.74, 6) is 0. The highest BCUT2D eigenvalue weighted by molar-refractivity contribution is 9.10. The molecule has 0 bridgehead atoms. The average Bonchev–Trinajstić information content (AvgIpc) is 2.33. The lowest BCUT2D eigenvalue weighted by atomic mass is 9.94. The largest absolute Gasteiger partial charge is 0.457 e. The summed E-state index contributed by atoms with van der Waals surface area (Å²) in [5, 5.41) is 9.67. The van der Waals surface area contributed by atoms with Crippen molar-refractivity contribution < 1.29 is 9.52 Å². The molecule has 0 radical (unpaired) electrons. The topological polar surface area (TPSA) is 59.4 Å². The van der Waals surface area contributed by atoms with E-state index in [0.29, 0.717) is 11.1 Å². The van der Waals surface area contributed by atoms with E-state index < -0.39 is 11.6 Å². The highest BCUT2D eigenvalue weighted by Gasteiger charge is 2.23. The summed E-state index contributed by atoms with van der Waals surface area (Å²) in [6.45, 7) is 3.60. The standard InChI is InChI=1S/C9H14BrNO2/c1-9(2,11)7(12)3-6-4-8(10)13-5-6/h4-5,7,12H,3,11H2,1-2H3. The van der Waals surface area contributed by atoms with Crippen molar-refractivity contribution in [1.82, 2.24) is 0 Å². The molecular formula is C9H14BrNO2. The minimum absolute atomic E-state index is 0.512. The monoisotopic (exact) mass is 247 g/mol. The Hall–Kier alpha value is -0.320. The summed E-state index contributed by atoms with van der Waals surface area (Å²) in [6.07, 6.45) is 1.56. The van der Waals surface area contributed by atoms with E-state index in [0.717, 1.165) is 5.56 Å². The Morgan fingerprint density at radius 1 is 1.69 bits per heavy atom. The molecule has 0 spiro atoms. The first-order chi connectivity index (χ1) is 5.89. The van der Waals surface area contributed by atoms with Crippen LogP contribution in [0.3, 0.4) is 0 Å². The van der Waals surface area contributed by atoms with Crippen LogP contribution < -0.4 is 5.73 Å². The third-order valence-electron chi connectivity index (χ3n) is 1.91. The molecule has 1 heterocycles. The summed E-state index contributed by atoms with van der Waals surface area (Å²) in [7, 11) is 0. The van der Waals surface area contributed by atoms with E-state index in [2.05, 4.69) is 15.9 Å². The zero-order valence-electron chi connectivity index (χ0n) is 7.75. The first-order valence-corrected chi connectivity index (χ1v) is 4.89. The van der Waals surface area contributed by atoms with Crippen molar-refractivity contribution in [2.24, 2.45) is 5.73 Å². The summed E-state index contributed by atoms with van der Waals surface area (Å²) < 4.78 is 5.71. The first-order valence-electron chi connectivity index (χ1n) is 4.09.